The highest BCUT2D eigenvalue weighted by atomic mass is 16.4. The van der Waals surface area contributed by atoms with E-state index < -0.39 is 12.0 Å². The van der Waals surface area contributed by atoms with Crippen LogP contribution >= 0.6 is 0 Å². The van der Waals surface area contributed by atoms with Crippen molar-refractivity contribution >= 4 is 11.9 Å². The van der Waals surface area contributed by atoms with Crippen molar-refractivity contribution in [2.75, 3.05) is 6.54 Å². The maximum absolute atomic E-state index is 12.6. The van der Waals surface area contributed by atoms with Gasteiger partial charge in [0.1, 0.15) is 6.04 Å². The summed E-state index contributed by atoms with van der Waals surface area (Å²) in [5, 5.41) is 13.5. The van der Waals surface area contributed by atoms with Gasteiger partial charge in [0.25, 0.3) is 5.91 Å². The number of carbonyl (C=O) groups excluding carboxylic acids is 1. The zero-order chi connectivity index (χ0) is 15.5. The maximum atomic E-state index is 12.6. The van der Waals surface area contributed by atoms with Crippen molar-refractivity contribution in [1.29, 1.82) is 0 Å². The number of para-hydroxylation sites is 1. The number of carboxylic acids is 1. The molecule has 22 heavy (non-hydrogen) atoms. The highest BCUT2D eigenvalue weighted by Crippen LogP contribution is 2.20. The number of hydrogen-bond acceptors (Lipinski definition) is 3. The normalized spacial score (nSPS) is 18.2. The van der Waals surface area contributed by atoms with Crippen LogP contribution in [0.3, 0.4) is 0 Å². The number of aliphatic carboxylic acids is 1. The van der Waals surface area contributed by atoms with E-state index in [4.69, 9.17) is 0 Å². The van der Waals surface area contributed by atoms with E-state index in [0.717, 1.165) is 18.5 Å². The minimum atomic E-state index is -0.941. The van der Waals surface area contributed by atoms with Crippen molar-refractivity contribution in [2.45, 2.75) is 25.3 Å². The fraction of sp³-hybridized carbons (Fsp3) is 0.312. The molecule has 1 aliphatic rings. The molecule has 1 atom stereocenters. The van der Waals surface area contributed by atoms with Gasteiger partial charge in [-0.1, -0.05) is 18.2 Å². The summed E-state index contributed by atoms with van der Waals surface area (Å²) in [7, 11) is 0. The van der Waals surface area contributed by atoms with Gasteiger partial charge in [-0.2, -0.15) is 5.10 Å². The van der Waals surface area contributed by atoms with Crippen molar-refractivity contribution in [1.82, 2.24) is 14.7 Å². The van der Waals surface area contributed by atoms with E-state index in [-0.39, 0.29) is 5.91 Å². The second-order valence-corrected chi connectivity index (χ2v) is 5.36. The third kappa shape index (κ3) is 2.72. The molecule has 2 aromatic rings. The van der Waals surface area contributed by atoms with Crippen LogP contribution in [0.4, 0.5) is 0 Å². The number of aromatic nitrogens is 2. The third-order valence-electron chi connectivity index (χ3n) is 3.90. The van der Waals surface area contributed by atoms with Crippen LogP contribution in [0.5, 0.6) is 0 Å². The van der Waals surface area contributed by atoms with E-state index in [1.165, 1.54) is 11.1 Å². The quantitative estimate of drug-likeness (QED) is 0.940. The van der Waals surface area contributed by atoms with Gasteiger partial charge in [0.2, 0.25) is 0 Å². The lowest BCUT2D eigenvalue weighted by atomic mass is 10.0. The molecule has 3 rings (SSSR count). The number of amides is 1. The molecule has 2 heterocycles. The second kappa shape index (κ2) is 6.01. The fourth-order valence-electron chi connectivity index (χ4n) is 2.75. The fourth-order valence-corrected chi connectivity index (χ4v) is 2.75. The molecule has 1 N–H and O–H groups in total. The van der Waals surface area contributed by atoms with Gasteiger partial charge in [-0.25, -0.2) is 9.48 Å². The Hall–Kier alpha value is -2.63. The molecule has 1 aromatic heterocycles. The molecule has 6 nitrogen and oxygen atoms in total. The number of piperidine rings is 1. The average Bonchev–Trinajstić information content (AvgIpc) is 3.05. The maximum Gasteiger partial charge on any atom is 0.326 e. The Kier molecular flexibility index (Phi) is 3.91. The number of rotatable bonds is 3. The van der Waals surface area contributed by atoms with Crippen molar-refractivity contribution < 1.29 is 14.7 Å². The molecule has 1 fully saturated rings. The number of benzene rings is 1. The Morgan fingerprint density at radius 3 is 2.68 bits per heavy atom. The molecule has 0 unspecified atom stereocenters. The molecule has 1 aromatic carbocycles. The molecule has 0 bridgehead atoms. The number of carbonyl (C=O) groups is 2. The van der Waals surface area contributed by atoms with E-state index in [1.807, 2.05) is 30.3 Å². The van der Waals surface area contributed by atoms with Gasteiger partial charge < -0.3 is 10.0 Å². The summed E-state index contributed by atoms with van der Waals surface area (Å²) < 4.78 is 1.62. The number of likely N-dealkylation sites (tertiary alicyclic amines) is 1. The van der Waals surface area contributed by atoms with Crippen LogP contribution in [-0.4, -0.2) is 44.3 Å². The van der Waals surface area contributed by atoms with Gasteiger partial charge in [0.15, 0.2) is 0 Å². The van der Waals surface area contributed by atoms with E-state index in [1.54, 1.807) is 10.9 Å². The largest absolute Gasteiger partial charge is 0.480 e. The van der Waals surface area contributed by atoms with Crippen LogP contribution in [0.2, 0.25) is 0 Å². The Labute approximate surface area is 128 Å². The Bertz CT molecular complexity index is 681. The lowest BCUT2D eigenvalue weighted by Gasteiger charge is -2.32. The molecule has 1 amide bonds. The minimum absolute atomic E-state index is 0.269. The van der Waals surface area contributed by atoms with Gasteiger partial charge in [0.05, 0.1) is 17.4 Å². The van der Waals surface area contributed by atoms with Gasteiger partial charge in [-0.3, -0.25) is 4.79 Å². The first-order valence-corrected chi connectivity index (χ1v) is 7.30. The summed E-state index contributed by atoms with van der Waals surface area (Å²) in [5.74, 6) is -1.21. The summed E-state index contributed by atoms with van der Waals surface area (Å²) in [6.07, 6.45) is 5.31. The van der Waals surface area contributed by atoms with E-state index in [9.17, 15) is 14.7 Å². The molecule has 0 spiro atoms. The smallest absolute Gasteiger partial charge is 0.326 e. The monoisotopic (exact) mass is 299 g/mol. The molecule has 1 aliphatic heterocycles. The Morgan fingerprint density at radius 1 is 1.18 bits per heavy atom. The molecule has 0 radical (unpaired) electrons. The highest BCUT2D eigenvalue weighted by molar-refractivity contribution is 5.96. The molecular formula is C16H17N3O3. The summed E-state index contributed by atoms with van der Waals surface area (Å²) in [4.78, 5) is 25.3. The van der Waals surface area contributed by atoms with Crippen LogP contribution in [0.25, 0.3) is 5.69 Å². The Morgan fingerprint density at radius 2 is 1.95 bits per heavy atom. The van der Waals surface area contributed by atoms with Crippen LogP contribution in [0, 0.1) is 0 Å². The highest BCUT2D eigenvalue weighted by Gasteiger charge is 2.32. The van der Waals surface area contributed by atoms with Gasteiger partial charge >= 0.3 is 5.97 Å². The number of nitrogens with zero attached hydrogens (tertiary/aromatic N) is 3. The third-order valence-corrected chi connectivity index (χ3v) is 3.90. The lowest BCUT2D eigenvalue weighted by molar-refractivity contribution is -0.143. The zero-order valence-corrected chi connectivity index (χ0v) is 12.1. The topological polar surface area (TPSA) is 75.4 Å². The SMILES string of the molecule is O=C(O)[C@H]1CCCCN1C(=O)c1cnn(-c2ccccc2)c1. The molecular weight excluding hydrogens is 282 g/mol. The summed E-state index contributed by atoms with van der Waals surface area (Å²) in [6.45, 7) is 0.478. The summed E-state index contributed by atoms with van der Waals surface area (Å²) in [5.41, 5.74) is 1.27. The standard InChI is InChI=1S/C16H17N3O3/c20-15(18-9-5-4-8-14(18)16(21)22)12-10-17-19(11-12)13-6-2-1-3-7-13/h1-3,6-7,10-11,14H,4-5,8-9H2,(H,21,22)/t14-/m1/s1. The number of carboxylic acid groups (broad SMARTS) is 1. The van der Waals surface area contributed by atoms with Gasteiger partial charge in [-0.15, -0.1) is 0 Å². The lowest BCUT2D eigenvalue weighted by Crippen LogP contribution is -2.47. The van der Waals surface area contributed by atoms with Crippen molar-refractivity contribution in [3.05, 3.63) is 48.3 Å². The molecule has 114 valence electrons. The Balaban J connectivity index is 1.83. The molecule has 0 saturated carbocycles. The predicted molar refractivity (Wildman–Crippen MR) is 79.9 cm³/mol. The van der Waals surface area contributed by atoms with E-state index in [0.29, 0.717) is 18.5 Å². The van der Waals surface area contributed by atoms with Crippen LogP contribution in [0.1, 0.15) is 29.6 Å². The van der Waals surface area contributed by atoms with Crippen molar-refractivity contribution in [2.24, 2.45) is 0 Å². The van der Waals surface area contributed by atoms with E-state index in [2.05, 4.69) is 5.10 Å². The molecule has 1 saturated heterocycles. The minimum Gasteiger partial charge on any atom is -0.480 e. The summed E-state index contributed by atoms with van der Waals surface area (Å²) >= 11 is 0. The number of hydrogen-bond donors (Lipinski definition) is 1. The summed E-state index contributed by atoms with van der Waals surface area (Å²) in [6, 6.07) is 8.74. The zero-order valence-electron chi connectivity index (χ0n) is 12.1. The van der Waals surface area contributed by atoms with E-state index >= 15 is 0 Å². The van der Waals surface area contributed by atoms with Gasteiger partial charge in [0, 0.05) is 12.7 Å². The first kappa shape index (κ1) is 14.3. The van der Waals surface area contributed by atoms with Crippen LogP contribution < -0.4 is 0 Å². The molecule has 0 aliphatic carbocycles. The van der Waals surface area contributed by atoms with Crippen molar-refractivity contribution in [3.8, 4) is 5.69 Å². The van der Waals surface area contributed by atoms with Crippen LogP contribution in [0.15, 0.2) is 42.7 Å². The van der Waals surface area contributed by atoms with Crippen molar-refractivity contribution in [3.63, 3.8) is 0 Å². The second-order valence-electron chi connectivity index (χ2n) is 5.36. The van der Waals surface area contributed by atoms with Crippen LogP contribution in [-0.2, 0) is 4.79 Å². The molecule has 6 heteroatoms. The average molecular weight is 299 g/mol. The predicted octanol–water partition coefficient (Wildman–Crippen LogP) is 1.95. The van der Waals surface area contributed by atoms with Gasteiger partial charge in [-0.05, 0) is 31.4 Å². The first-order chi connectivity index (χ1) is 10.7. The first-order valence-electron chi connectivity index (χ1n) is 7.30.